The molecule has 1 N–H and O–H groups in total. The highest BCUT2D eigenvalue weighted by molar-refractivity contribution is 7.05. The molecule has 2 aromatic heterocycles. The molecular weight excluding hydrogens is 338 g/mol. The Balaban J connectivity index is 1.55. The largest absolute Gasteiger partial charge is 0.351 e. The molecule has 3 rings (SSSR count). The minimum Gasteiger partial charge on any atom is -0.351 e. The van der Waals surface area contributed by atoms with Crippen LogP contribution in [0.2, 0.25) is 0 Å². The van der Waals surface area contributed by atoms with E-state index < -0.39 is 0 Å². The third-order valence-electron chi connectivity index (χ3n) is 4.22. The van der Waals surface area contributed by atoms with Crippen LogP contribution in [0.1, 0.15) is 42.5 Å². The summed E-state index contributed by atoms with van der Waals surface area (Å²) >= 11 is 1.30. The van der Waals surface area contributed by atoms with Crippen molar-refractivity contribution in [1.82, 2.24) is 24.8 Å². The first-order chi connectivity index (χ1) is 12.0. The fraction of sp³-hybridized carbons (Fsp3) is 0.471. The van der Waals surface area contributed by atoms with Crippen LogP contribution >= 0.6 is 11.5 Å². The summed E-state index contributed by atoms with van der Waals surface area (Å²) in [7, 11) is 0. The molecule has 25 heavy (non-hydrogen) atoms. The molecule has 0 aromatic carbocycles. The van der Waals surface area contributed by atoms with Gasteiger partial charge in [0.25, 0.3) is 0 Å². The summed E-state index contributed by atoms with van der Waals surface area (Å²) in [6, 6.07) is 5.61. The fourth-order valence-electron chi connectivity index (χ4n) is 2.88. The molecule has 1 aliphatic heterocycles. The van der Waals surface area contributed by atoms with Gasteiger partial charge >= 0.3 is 0 Å². The Bertz CT molecular complexity index is 747. The van der Waals surface area contributed by atoms with Crippen molar-refractivity contribution in [3.8, 4) is 0 Å². The Morgan fingerprint density at radius 2 is 2.28 bits per heavy atom. The smallest absolute Gasteiger partial charge is 0.225 e. The van der Waals surface area contributed by atoms with Crippen molar-refractivity contribution < 1.29 is 9.59 Å². The van der Waals surface area contributed by atoms with E-state index in [1.54, 1.807) is 11.1 Å². The number of nitrogens with zero attached hydrogens (tertiary/aromatic N) is 4. The van der Waals surface area contributed by atoms with Crippen molar-refractivity contribution in [2.24, 2.45) is 5.92 Å². The number of carbonyl (C=O) groups excluding carboxylic acids is 2. The molecule has 2 amide bonds. The molecule has 1 saturated heterocycles. The Hall–Kier alpha value is -2.35. The SMILES string of the molecule is CC(C)c1nnsc1CNC(=O)[C@H]1CC(=O)N(Cc2ccccn2)C1. The minimum absolute atomic E-state index is 0.00636. The zero-order valence-corrected chi connectivity index (χ0v) is 15.1. The summed E-state index contributed by atoms with van der Waals surface area (Å²) in [5, 5.41) is 7.03. The summed E-state index contributed by atoms with van der Waals surface area (Å²) in [5.74, 6) is -0.153. The van der Waals surface area contributed by atoms with E-state index in [0.717, 1.165) is 16.3 Å². The Morgan fingerprint density at radius 1 is 1.44 bits per heavy atom. The molecule has 0 bridgehead atoms. The van der Waals surface area contributed by atoms with Gasteiger partial charge in [-0.25, -0.2) is 0 Å². The van der Waals surface area contributed by atoms with E-state index >= 15 is 0 Å². The topological polar surface area (TPSA) is 88.1 Å². The molecule has 132 valence electrons. The van der Waals surface area contributed by atoms with E-state index in [1.165, 1.54) is 11.5 Å². The monoisotopic (exact) mass is 359 g/mol. The lowest BCUT2D eigenvalue weighted by Crippen LogP contribution is -2.32. The molecule has 0 radical (unpaired) electrons. The van der Waals surface area contributed by atoms with Crippen LogP contribution in [-0.4, -0.2) is 37.8 Å². The molecule has 1 aliphatic rings. The number of pyridine rings is 1. The van der Waals surface area contributed by atoms with Crippen molar-refractivity contribution in [2.75, 3.05) is 6.54 Å². The molecule has 1 atom stereocenters. The van der Waals surface area contributed by atoms with E-state index in [0.29, 0.717) is 19.6 Å². The quantitative estimate of drug-likeness (QED) is 0.848. The molecule has 0 saturated carbocycles. The van der Waals surface area contributed by atoms with E-state index in [2.05, 4.69) is 19.9 Å². The van der Waals surface area contributed by atoms with Crippen LogP contribution in [0, 0.1) is 5.92 Å². The Kier molecular flexibility index (Phi) is 5.37. The standard InChI is InChI=1S/C17H21N5O2S/c1-11(2)16-14(25-21-20-16)8-19-17(24)12-7-15(23)22(9-12)10-13-5-3-4-6-18-13/h3-6,11-12H,7-10H2,1-2H3,(H,19,24)/t12-/m0/s1. The van der Waals surface area contributed by atoms with Crippen molar-refractivity contribution in [1.29, 1.82) is 0 Å². The molecule has 8 heteroatoms. The average Bonchev–Trinajstić information content (AvgIpc) is 3.21. The summed E-state index contributed by atoms with van der Waals surface area (Å²) < 4.78 is 3.96. The summed E-state index contributed by atoms with van der Waals surface area (Å²) in [4.78, 5) is 31.5. The summed E-state index contributed by atoms with van der Waals surface area (Å²) in [5.41, 5.74) is 1.75. The van der Waals surface area contributed by atoms with Gasteiger partial charge in [-0.2, -0.15) is 0 Å². The van der Waals surface area contributed by atoms with Gasteiger partial charge < -0.3 is 10.2 Å². The molecule has 7 nitrogen and oxygen atoms in total. The van der Waals surface area contributed by atoms with Crippen molar-refractivity contribution in [3.05, 3.63) is 40.7 Å². The van der Waals surface area contributed by atoms with Crippen LogP contribution in [0.4, 0.5) is 0 Å². The lowest BCUT2D eigenvalue weighted by Gasteiger charge is -2.16. The van der Waals surface area contributed by atoms with Gasteiger partial charge in [-0.15, -0.1) is 5.10 Å². The van der Waals surface area contributed by atoms with Crippen molar-refractivity contribution in [3.63, 3.8) is 0 Å². The molecule has 3 heterocycles. The van der Waals surface area contributed by atoms with Gasteiger partial charge in [-0.05, 0) is 29.6 Å². The van der Waals surface area contributed by atoms with Crippen molar-refractivity contribution in [2.45, 2.75) is 39.3 Å². The number of hydrogen-bond donors (Lipinski definition) is 1. The second kappa shape index (κ2) is 7.69. The highest BCUT2D eigenvalue weighted by Gasteiger charge is 2.34. The molecule has 0 spiro atoms. The number of aromatic nitrogens is 3. The summed E-state index contributed by atoms with van der Waals surface area (Å²) in [6.07, 6.45) is 1.95. The lowest BCUT2D eigenvalue weighted by molar-refractivity contribution is -0.129. The summed E-state index contributed by atoms with van der Waals surface area (Å²) in [6.45, 7) is 5.38. The lowest BCUT2D eigenvalue weighted by atomic mass is 10.1. The molecule has 2 aromatic rings. The third kappa shape index (κ3) is 4.19. The van der Waals surface area contributed by atoms with Crippen LogP contribution < -0.4 is 5.32 Å². The zero-order valence-electron chi connectivity index (χ0n) is 14.3. The van der Waals surface area contributed by atoms with Crippen LogP contribution in [0.5, 0.6) is 0 Å². The predicted octanol–water partition coefficient (Wildman–Crippen LogP) is 1.72. The first-order valence-electron chi connectivity index (χ1n) is 8.31. The number of likely N-dealkylation sites (tertiary alicyclic amines) is 1. The highest BCUT2D eigenvalue weighted by atomic mass is 32.1. The van der Waals surface area contributed by atoms with Crippen molar-refractivity contribution >= 4 is 23.3 Å². The maximum Gasteiger partial charge on any atom is 0.225 e. The highest BCUT2D eigenvalue weighted by Crippen LogP contribution is 2.22. The fourth-order valence-corrected chi connectivity index (χ4v) is 3.61. The van der Waals surface area contributed by atoms with Crippen LogP contribution in [0.25, 0.3) is 0 Å². The predicted molar refractivity (Wildman–Crippen MR) is 93.6 cm³/mol. The van der Waals surface area contributed by atoms with E-state index in [1.807, 2.05) is 32.0 Å². The van der Waals surface area contributed by atoms with Gasteiger partial charge in [0, 0.05) is 19.2 Å². The maximum atomic E-state index is 12.4. The second-order valence-electron chi connectivity index (χ2n) is 6.45. The Labute approximate surface area is 150 Å². The number of nitrogens with one attached hydrogen (secondary N) is 1. The number of rotatable bonds is 6. The molecular formula is C17H21N5O2S. The molecule has 1 fully saturated rings. The normalized spacial score (nSPS) is 17.3. The molecule has 0 aliphatic carbocycles. The number of hydrogen-bond acceptors (Lipinski definition) is 6. The number of amides is 2. The van der Waals surface area contributed by atoms with Gasteiger partial charge in [0.2, 0.25) is 11.8 Å². The minimum atomic E-state index is -0.320. The van der Waals surface area contributed by atoms with Crippen LogP contribution in [0.15, 0.2) is 24.4 Å². The van der Waals surface area contributed by atoms with Crippen LogP contribution in [0.3, 0.4) is 0 Å². The zero-order chi connectivity index (χ0) is 17.8. The Morgan fingerprint density at radius 3 is 3.00 bits per heavy atom. The van der Waals surface area contributed by atoms with Gasteiger partial charge in [-0.3, -0.25) is 14.6 Å². The number of carbonyl (C=O) groups is 2. The third-order valence-corrected chi connectivity index (χ3v) is 4.96. The first-order valence-corrected chi connectivity index (χ1v) is 9.08. The van der Waals surface area contributed by atoms with Crippen LogP contribution in [-0.2, 0) is 22.7 Å². The molecule has 0 unspecified atom stereocenters. The average molecular weight is 359 g/mol. The maximum absolute atomic E-state index is 12.4. The van der Waals surface area contributed by atoms with Gasteiger partial charge in [0.1, 0.15) is 0 Å². The van der Waals surface area contributed by atoms with E-state index in [9.17, 15) is 9.59 Å². The van der Waals surface area contributed by atoms with E-state index in [4.69, 9.17) is 0 Å². The van der Waals surface area contributed by atoms with Gasteiger partial charge in [0.15, 0.2) is 0 Å². The van der Waals surface area contributed by atoms with Gasteiger partial charge in [-0.1, -0.05) is 24.4 Å². The second-order valence-corrected chi connectivity index (χ2v) is 7.29. The first kappa shape index (κ1) is 17.5. The van der Waals surface area contributed by atoms with Gasteiger partial charge in [0.05, 0.1) is 35.3 Å². The van der Waals surface area contributed by atoms with E-state index in [-0.39, 0.29) is 30.1 Å².